The number of aliphatic carboxylic acids is 1. The smallest absolute Gasteiger partial charge is 0.320 e. The number of carboxylic acids is 1. The Balaban J connectivity index is 1.93. The summed E-state index contributed by atoms with van der Waals surface area (Å²) in [5.74, 6) is -0.965. The van der Waals surface area contributed by atoms with Crippen molar-refractivity contribution in [3.8, 4) is 0 Å². The minimum absolute atomic E-state index is 0.0241. The fourth-order valence-corrected chi connectivity index (χ4v) is 3.14. The number of likely N-dealkylation sites (tertiary alicyclic amines) is 1. The van der Waals surface area contributed by atoms with E-state index in [1.54, 1.807) is 11.3 Å². The van der Waals surface area contributed by atoms with Gasteiger partial charge in [-0.15, -0.1) is 11.3 Å². The number of hydrogen-bond acceptors (Lipinski definition) is 4. The van der Waals surface area contributed by atoms with Crippen LogP contribution in [0.4, 0.5) is 0 Å². The maximum atomic E-state index is 12.2. The molecule has 0 aliphatic carbocycles. The van der Waals surface area contributed by atoms with Gasteiger partial charge in [-0.25, -0.2) is 0 Å². The van der Waals surface area contributed by atoms with Crippen LogP contribution in [0.2, 0.25) is 0 Å². The first-order valence-corrected chi connectivity index (χ1v) is 7.26. The zero-order valence-electron chi connectivity index (χ0n) is 10.8. The van der Waals surface area contributed by atoms with Crippen molar-refractivity contribution in [3.05, 3.63) is 22.4 Å². The van der Waals surface area contributed by atoms with Crippen LogP contribution < -0.4 is 5.32 Å². The normalized spacial score (nSPS) is 20.5. The van der Waals surface area contributed by atoms with Gasteiger partial charge in [0.1, 0.15) is 6.04 Å². The van der Waals surface area contributed by atoms with Crippen LogP contribution in [0, 0.1) is 0 Å². The van der Waals surface area contributed by atoms with E-state index in [0.29, 0.717) is 0 Å². The molecule has 0 radical (unpaired) electrons. The van der Waals surface area contributed by atoms with Gasteiger partial charge in [-0.3, -0.25) is 14.9 Å². The highest BCUT2D eigenvalue weighted by Crippen LogP contribution is 2.34. The first kappa shape index (κ1) is 14.0. The molecule has 1 fully saturated rings. The van der Waals surface area contributed by atoms with E-state index in [1.807, 2.05) is 22.4 Å². The number of amides is 1. The minimum atomic E-state index is -0.941. The fraction of sp³-hybridized carbons (Fsp3) is 0.538. The lowest BCUT2D eigenvalue weighted by molar-refractivity contribution is -0.139. The average molecular weight is 282 g/mol. The molecule has 5 nitrogen and oxygen atoms in total. The fourth-order valence-electron chi connectivity index (χ4n) is 2.27. The Bertz CT molecular complexity index is 447. The highest BCUT2D eigenvalue weighted by atomic mass is 32.1. The van der Waals surface area contributed by atoms with Gasteiger partial charge < -0.3 is 10.0 Å². The molecule has 2 heterocycles. The van der Waals surface area contributed by atoms with E-state index in [0.717, 1.165) is 19.4 Å². The Morgan fingerprint density at radius 1 is 1.63 bits per heavy atom. The van der Waals surface area contributed by atoms with Crippen molar-refractivity contribution in [2.75, 3.05) is 13.1 Å². The standard InChI is InChI=1S/C13H18N2O3S/c1-9(13(17)18)14-8-12(16)15-6-2-4-10(15)11-5-3-7-19-11/h3,5,7,9-10,14H,2,4,6,8H2,1H3,(H,17,18). The van der Waals surface area contributed by atoms with E-state index < -0.39 is 12.0 Å². The Kier molecular flexibility index (Phi) is 4.55. The van der Waals surface area contributed by atoms with Crippen LogP contribution in [-0.2, 0) is 9.59 Å². The van der Waals surface area contributed by atoms with Crippen LogP contribution in [0.5, 0.6) is 0 Å². The molecule has 1 aliphatic heterocycles. The molecule has 1 aliphatic rings. The lowest BCUT2D eigenvalue weighted by Gasteiger charge is -2.24. The number of rotatable bonds is 5. The molecule has 6 heteroatoms. The van der Waals surface area contributed by atoms with E-state index in [2.05, 4.69) is 5.32 Å². The largest absolute Gasteiger partial charge is 0.480 e. The third-order valence-electron chi connectivity index (χ3n) is 3.37. The van der Waals surface area contributed by atoms with Crippen molar-refractivity contribution in [1.82, 2.24) is 10.2 Å². The van der Waals surface area contributed by atoms with Crippen molar-refractivity contribution in [1.29, 1.82) is 0 Å². The summed E-state index contributed by atoms with van der Waals surface area (Å²) in [5.41, 5.74) is 0. The minimum Gasteiger partial charge on any atom is -0.480 e. The number of hydrogen-bond donors (Lipinski definition) is 2. The van der Waals surface area contributed by atoms with Crippen LogP contribution in [0.15, 0.2) is 17.5 Å². The predicted octanol–water partition coefficient (Wildman–Crippen LogP) is 1.47. The SMILES string of the molecule is CC(NCC(=O)N1CCCC1c1cccs1)C(=O)O. The van der Waals surface area contributed by atoms with Gasteiger partial charge in [-0.2, -0.15) is 0 Å². The van der Waals surface area contributed by atoms with Gasteiger partial charge in [0.15, 0.2) is 0 Å². The van der Waals surface area contributed by atoms with Gasteiger partial charge in [0.25, 0.3) is 0 Å². The third kappa shape index (κ3) is 3.33. The second-order valence-electron chi connectivity index (χ2n) is 4.70. The molecule has 104 valence electrons. The summed E-state index contributed by atoms with van der Waals surface area (Å²) in [5, 5.41) is 13.5. The van der Waals surface area contributed by atoms with E-state index >= 15 is 0 Å². The number of nitrogens with one attached hydrogen (secondary N) is 1. The van der Waals surface area contributed by atoms with E-state index in [9.17, 15) is 9.59 Å². The van der Waals surface area contributed by atoms with Crippen LogP contribution >= 0.6 is 11.3 Å². The van der Waals surface area contributed by atoms with Gasteiger partial charge in [-0.1, -0.05) is 6.07 Å². The Labute approximate surface area is 116 Å². The van der Waals surface area contributed by atoms with Crippen LogP contribution in [0.1, 0.15) is 30.7 Å². The van der Waals surface area contributed by atoms with Crippen LogP contribution in [0.25, 0.3) is 0 Å². The number of nitrogens with zero attached hydrogens (tertiary/aromatic N) is 1. The number of carbonyl (C=O) groups excluding carboxylic acids is 1. The maximum absolute atomic E-state index is 12.2. The Morgan fingerprint density at radius 2 is 2.42 bits per heavy atom. The Hall–Kier alpha value is -1.40. The quantitative estimate of drug-likeness (QED) is 0.858. The molecular weight excluding hydrogens is 264 g/mol. The summed E-state index contributed by atoms with van der Waals surface area (Å²) in [6.45, 7) is 2.37. The zero-order chi connectivity index (χ0) is 13.8. The molecule has 2 N–H and O–H groups in total. The summed E-state index contributed by atoms with van der Waals surface area (Å²) >= 11 is 1.66. The molecule has 2 unspecified atom stereocenters. The van der Waals surface area contributed by atoms with E-state index in [1.165, 1.54) is 11.8 Å². The molecule has 0 saturated carbocycles. The van der Waals surface area contributed by atoms with Gasteiger partial charge in [0.05, 0.1) is 12.6 Å². The van der Waals surface area contributed by atoms with E-state index in [4.69, 9.17) is 5.11 Å². The van der Waals surface area contributed by atoms with Crippen molar-refractivity contribution in [3.63, 3.8) is 0 Å². The van der Waals surface area contributed by atoms with Crippen molar-refractivity contribution < 1.29 is 14.7 Å². The Morgan fingerprint density at radius 3 is 3.05 bits per heavy atom. The van der Waals surface area contributed by atoms with Crippen molar-refractivity contribution >= 4 is 23.2 Å². The molecule has 1 aromatic heterocycles. The number of carbonyl (C=O) groups is 2. The molecule has 1 amide bonds. The molecule has 0 bridgehead atoms. The zero-order valence-corrected chi connectivity index (χ0v) is 11.7. The van der Waals surface area contributed by atoms with Gasteiger partial charge >= 0.3 is 5.97 Å². The predicted molar refractivity (Wildman–Crippen MR) is 73.1 cm³/mol. The van der Waals surface area contributed by atoms with Crippen LogP contribution in [-0.4, -0.2) is 41.0 Å². The highest BCUT2D eigenvalue weighted by molar-refractivity contribution is 7.10. The van der Waals surface area contributed by atoms with Gasteiger partial charge in [0.2, 0.25) is 5.91 Å². The molecule has 2 rings (SSSR count). The van der Waals surface area contributed by atoms with Crippen molar-refractivity contribution in [2.45, 2.75) is 31.8 Å². The third-order valence-corrected chi connectivity index (χ3v) is 4.35. The molecule has 2 atom stereocenters. The van der Waals surface area contributed by atoms with Crippen molar-refractivity contribution in [2.24, 2.45) is 0 Å². The maximum Gasteiger partial charge on any atom is 0.320 e. The number of thiophene rings is 1. The number of carboxylic acid groups (broad SMARTS) is 1. The molecule has 0 aromatic carbocycles. The molecular formula is C13H18N2O3S. The lowest BCUT2D eigenvalue weighted by atomic mass is 10.2. The summed E-state index contributed by atoms with van der Waals surface area (Å²) in [7, 11) is 0. The summed E-state index contributed by atoms with van der Waals surface area (Å²) < 4.78 is 0. The molecule has 1 saturated heterocycles. The summed E-state index contributed by atoms with van der Waals surface area (Å²) in [4.78, 5) is 25.9. The first-order valence-electron chi connectivity index (χ1n) is 6.38. The van der Waals surface area contributed by atoms with Gasteiger partial charge in [-0.05, 0) is 31.2 Å². The summed E-state index contributed by atoms with van der Waals surface area (Å²) in [6.07, 6.45) is 1.99. The van der Waals surface area contributed by atoms with E-state index in [-0.39, 0.29) is 18.5 Å². The first-order chi connectivity index (χ1) is 9.09. The average Bonchev–Trinajstić information content (AvgIpc) is 3.04. The molecule has 0 spiro atoms. The summed E-state index contributed by atoms with van der Waals surface area (Å²) in [6, 6.07) is 3.50. The molecule has 1 aromatic rings. The monoisotopic (exact) mass is 282 g/mol. The van der Waals surface area contributed by atoms with Crippen LogP contribution in [0.3, 0.4) is 0 Å². The second kappa shape index (κ2) is 6.16. The lowest BCUT2D eigenvalue weighted by Crippen LogP contribution is -2.43. The topological polar surface area (TPSA) is 69.6 Å². The highest BCUT2D eigenvalue weighted by Gasteiger charge is 2.30. The molecule has 19 heavy (non-hydrogen) atoms. The van der Waals surface area contributed by atoms with Gasteiger partial charge in [0, 0.05) is 11.4 Å². The second-order valence-corrected chi connectivity index (χ2v) is 5.68.